The van der Waals surface area contributed by atoms with Gasteiger partial charge in [-0.3, -0.25) is 0 Å². The first-order valence-electron chi connectivity index (χ1n) is 4.12. The fraction of sp³-hybridized carbons (Fsp3) is 0.111. The van der Waals surface area contributed by atoms with E-state index in [0.717, 1.165) is 16.6 Å². The number of nitrogens with zero attached hydrogens (tertiary/aromatic N) is 1. The average molecular weight is 207 g/mol. The predicted octanol–water partition coefficient (Wildman–Crippen LogP) is 1.74. The third-order valence-corrected chi connectivity index (χ3v) is 2.15. The van der Waals surface area contributed by atoms with Crippen LogP contribution < -0.4 is 10.6 Å². The van der Waals surface area contributed by atoms with E-state index in [9.17, 15) is 0 Å². The summed E-state index contributed by atoms with van der Waals surface area (Å²) in [6.45, 7) is 0. The van der Waals surface area contributed by atoms with E-state index in [1.807, 2.05) is 18.2 Å². The van der Waals surface area contributed by atoms with Crippen molar-refractivity contribution in [2.75, 3.05) is 12.4 Å². The molecular weight excluding hydrogens is 198 g/mol. The molecule has 0 spiro atoms. The largest absolute Gasteiger partial charge is 0.366 e. The van der Waals surface area contributed by atoms with E-state index in [1.165, 1.54) is 0 Å². The molecule has 72 valence electrons. The summed E-state index contributed by atoms with van der Waals surface area (Å²) in [6, 6.07) is 5.72. The number of fused-ring (bicyclic) bond motifs is 1. The van der Waals surface area contributed by atoms with E-state index in [4.69, 9.17) is 16.7 Å². The Morgan fingerprint density at radius 2 is 2.36 bits per heavy atom. The molecule has 5 heteroatoms. The highest BCUT2D eigenvalue weighted by molar-refractivity contribution is 7.80. The second-order valence-corrected chi connectivity index (χ2v) is 3.20. The van der Waals surface area contributed by atoms with Gasteiger partial charge >= 0.3 is 0 Å². The molecule has 0 aliphatic heterocycles. The lowest BCUT2D eigenvalue weighted by molar-refractivity contribution is 0.428. The minimum absolute atomic E-state index is 0.577. The molecule has 0 bridgehead atoms. The van der Waals surface area contributed by atoms with Crippen LogP contribution in [0.3, 0.4) is 0 Å². The summed E-state index contributed by atoms with van der Waals surface area (Å²) in [4.78, 5) is 0. The molecule has 1 aromatic heterocycles. The molecule has 0 fully saturated rings. The van der Waals surface area contributed by atoms with Crippen molar-refractivity contribution in [1.82, 2.24) is 10.5 Å². The topological polar surface area (TPSA) is 50.1 Å². The minimum Gasteiger partial charge on any atom is -0.366 e. The number of aromatic nitrogens is 1. The minimum atomic E-state index is 0.577. The lowest BCUT2D eigenvalue weighted by Gasteiger charge is -2.05. The number of rotatable bonds is 1. The lowest BCUT2D eigenvalue weighted by atomic mass is 10.2. The second-order valence-electron chi connectivity index (χ2n) is 2.79. The molecule has 0 unspecified atom stereocenters. The molecule has 0 radical (unpaired) electrons. The number of benzene rings is 1. The Kier molecular flexibility index (Phi) is 2.32. The van der Waals surface area contributed by atoms with Crippen LogP contribution in [0.2, 0.25) is 0 Å². The van der Waals surface area contributed by atoms with Crippen LogP contribution in [-0.4, -0.2) is 17.3 Å². The normalized spacial score (nSPS) is 10.1. The second kappa shape index (κ2) is 3.63. The van der Waals surface area contributed by atoms with Gasteiger partial charge < -0.3 is 15.2 Å². The molecule has 0 atom stereocenters. The molecule has 2 N–H and O–H groups in total. The van der Waals surface area contributed by atoms with E-state index in [1.54, 1.807) is 13.3 Å². The highest BCUT2D eigenvalue weighted by Crippen LogP contribution is 2.17. The number of thiocarbonyl (C=S) groups is 1. The predicted molar refractivity (Wildman–Crippen MR) is 59.3 cm³/mol. The van der Waals surface area contributed by atoms with Gasteiger partial charge in [-0.1, -0.05) is 5.16 Å². The summed E-state index contributed by atoms with van der Waals surface area (Å²) >= 11 is 4.97. The fourth-order valence-electron chi connectivity index (χ4n) is 1.13. The zero-order valence-corrected chi connectivity index (χ0v) is 8.39. The van der Waals surface area contributed by atoms with Gasteiger partial charge in [0, 0.05) is 18.1 Å². The quantitative estimate of drug-likeness (QED) is 0.698. The molecule has 1 heterocycles. The van der Waals surface area contributed by atoms with Crippen LogP contribution in [0, 0.1) is 0 Å². The van der Waals surface area contributed by atoms with Gasteiger partial charge in [0.15, 0.2) is 5.11 Å². The van der Waals surface area contributed by atoms with Gasteiger partial charge in [0.1, 0.15) is 11.8 Å². The van der Waals surface area contributed by atoms with Gasteiger partial charge in [-0.05, 0) is 30.4 Å². The van der Waals surface area contributed by atoms with Gasteiger partial charge in [0.2, 0.25) is 0 Å². The van der Waals surface area contributed by atoms with Gasteiger partial charge in [-0.25, -0.2) is 0 Å². The molecule has 2 rings (SSSR count). The van der Waals surface area contributed by atoms with Crippen LogP contribution in [0.15, 0.2) is 29.0 Å². The fourth-order valence-corrected chi connectivity index (χ4v) is 1.25. The maximum Gasteiger partial charge on any atom is 0.170 e. The Balaban J connectivity index is 2.30. The number of hydrogen-bond acceptors (Lipinski definition) is 3. The Morgan fingerprint density at radius 1 is 1.50 bits per heavy atom. The smallest absolute Gasteiger partial charge is 0.170 e. The van der Waals surface area contributed by atoms with Crippen LogP contribution in [0.25, 0.3) is 10.9 Å². The Morgan fingerprint density at radius 3 is 3.14 bits per heavy atom. The summed E-state index contributed by atoms with van der Waals surface area (Å²) in [5.74, 6) is 0. The van der Waals surface area contributed by atoms with Gasteiger partial charge in [-0.2, -0.15) is 0 Å². The lowest BCUT2D eigenvalue weighted by Crippen LogP contribution is -2.23. The van der Waals surface area contributed by atoms with Crippen molar-refractivity contribution in [1.29, 1.82) is 0 Å². The number of anilines is 1. The zero-order chi connectivity index (χ0) is 9.97. The molecule has 4 nitrogen and oxygen atoms in total. The molecule has 0 aliphatic rings. The Hall–Kier alpha value is -1.62. The third-order valence-electron chi connectivity index (χ3n) is 1.85. The van der Waals surface area contributed by atoms with Crippen LogP contribution in [0.4, 0.5) is 5.69 Å². The number of nitrogens with one attached hydrogen (secondary N) is 2. The Bertz CT molecular complexity index is 466. The maximum absolute atomic E-state index is 4.97. The van der Waals surface area contributed by atoms with Crippen LogP contribution in [-0.2, 0) is 0 Å². The van der Waals surface area contributed by atoms with Crippen molar-refractivity contribution < 1.29 is 4.52 Å². The van der Waals surface area contributed by atoms with Crippen molar-refractivity contribution in [2.24, 2.45) is 0 Å². The first-order chi connectivity index (χ1) is 6.79. The average Bonchev–Trinajstić information content (AvgIpc) is 2.64. The van der Waals surface area contributed by atoms with E-state index in [2.05, 4.69) is 15.8 Å². The summed E-state index contributed by atoms with van der Waals surface area (Å²) in [5, 5.41) is 11.2. The number of hydrogen-bond donors (Lipinski definition) is 2. The standard InChI is InChI=1S/C9H9N3OS/c1-10-9(14)11-7-3-2-6-5-13-12-8(6)4-7/h2-5H,1H3,(H2,10,11,14). The SMILES string of the molecule is CNC(=S)Nc1ccc2conc2c1. The summed E-state index contributed by atoms with van der Waals surface area (Å²) in [7, 11) is 1.77. The first-order valence-corrected chi connectivity index (χ1v) is 4.53. The van der Waals surface area contributed by atoms with Crippen molar-refractivity contribution in [3.8, 4) is 0 Å². The van der Waals surface area contributed by atoms with Crippen LogP contribution in [0.1, 0.15) is 0 Å². The van der Waals surface area contributed by atoms with Crippen molar-refractivity contribution in [3.05, 3.63) is 24.5 Å². The summed E-state index contributed by atoms with van der Waals surface area (Å²) < 4.78 is 4.82. The van der Waals surface area contributed by atoms with E-state index < -0.39 is 0 Å². The highest BCUT2D eigenvalue weighted by Gasteiger charge is 2.00. The molecule has 1 aromatic carbocycles. The van der Waals surface area contributed by atoms with Crippen LogP contribution >= 0.6 is 12.2 Å². The van der Waals surface area contributed by atoms with Crippen molar-refractivity contribution >= 4 is 33.9 Å². The van der Waals surface area contributed by atoms with Gasteiger partial charge in [0.25, 0.3) is 0 Å². The van der Waals surface area contributed by atoms with Crippen molar-refractivity contribution in [2.45, 2.75) is 0 Å². The summed E-state index contributed by atoms with van der Waals surface area (Å²) in [5.41, 5.74) is 1.71. The van der Waals surface area contributed by atoms with Crippen molar-refractivity contribution in [3.63, 3.8) is 0 Å². The zero-order valence-electron chi connectivity index (χ0n) is 7.57. The van der Waals surface area contributed by atoms with E-state index >= 15 is 0 Å². The third kappa shape index (κ3) is 1.67. The van der Waals surface area contributed by atoms with Gasteiger partial charge in [-0.15, -0.1) is 0 Å². The van der Waals surface area contributed by atoms with Crippen LogP contribution in [0.5, 0.6) is 0 Å². The molecule has 0 amide bonds. The summed E-state index contributed by atoms with van der Waals surface area (Å²) in [6.07, 6.45) is 1.61. The molecule has 0 saturated carbocycles. The molecule has 14 heavy (non-hydrogen) atoms. The Labute approximate surface area is 86.3 Å². The molecule has 0 aliphatic carbocycles. The molecule has 2 aromatic rings. The molecule has 0 saturated heterocycles. The molecular formula is C9H9N3OS. The van der Waals surface area contributed by atoms with Gasteiger partial charge in [0.05, 0.1) is 0 Å². The maximum atomic E-state index is 4.97. The van der Waals surface area contributed by atoms with E-state index in [0.29, 0.717) is 5.11 Å². The monoisotopic (exact) mass is 207 g/mol. The first kappa shape index (κ1) is 8.96. The highest BCUT2D eigenvalue weighted by atomic mass is 32.1. The van der Waals surface area contributed by atoms with E-state index in [-0.39, 0.29) is 0 Å².